The van der Waals surface area contributed by atoms with Crippen LogP contribution in [-0.4, -0.2) is 46.9 Å². The number of likely N-dealkylation sites (tertiary alicyclic amines) is 1. The Bertz CT molecular complexity index is 737. The summed E-state index contributed by atoms with van der Waals surface area (Å²) in [4.78, 5) is 37.9. The number of primary amides is 2. The van der Waals surface area contributed by atoms with Gasteiger partial charge in [0.15, 0.2) is 0 Å². The van der Waals surface area contributed by atoms with Gasteiger partial charge >= 0.3 is 5.97 Å². The molecule has 142 valence electrons. The average Bonchev–Trinajstić information content (AvgIpc) is 2.51. The molecule has 0 radical (unpaired) electrons. The van der Waals surface area contributed by atoms with Crippen LogP contribution in [0.3, 0.4) is 0 Å². The average molecular weight is 361 g/mol. The third-order valence-corrected chi connectivity index (χ3v) is 5.33. The Labute approximate surface area is 153 Å². The standard InChI is InChI=1S/C19H27N3O4/c1-18(2)9-12(10-19(3,4)22(18)5)26-17(25)13-7-6-11(15(20)23)8-14(13)16(21)24/h6-8,12H,9-10H2,1-5H3,(H2,20,23)(H2,21,24). The molecule has 2 amide bonds. The lowest BCUT2D eigenvalue weighted by Gasteiger charge is -2.53. The summed E-state index contributed by atoms with van der Waals surface area (Å²) < 4.78 is 5.70. The van der Waals surface area contributed by atoms with Crippen LogP contribution in [0.25, 0.3) is 0 Å². The third-order valence-electron chi connectivity index (χ3n) is 5.33. The minimum Gasteiger partial charge on any atom is -0.459 e. The molecule has 7 heteroatoms. The quantitative estimate of drug-likeness (QED) is 0.792. The first-order valence-electron chi connectivity index (χ1n) is 8.54. The Hall–Kier alpha value is -2.41. The first-order valence-corrected chi connectivity index (χ1v) is 8.54. The molecule has 2 rings (SSSR count). The number of hydrogen-bond donors (Lipinski definition) is 2. The maximum absolute atomic E-state index is 12.7. The lowest BCUT2D eigenvalue weighted by Crippen LogP contribution is -2.60. The highest BCUT2D eigenvalue weighted by molar-refractivity contribution is 6.07. The van der Waals surface area contributed by atoms with Gasteiger partial charge in [-0.15, -0.1) is 0 Å². The van der Waals surface area contributed by atoms with Gasteiger partial charge in [-0.05, 0) is 52.9 Å². The Morgan fingerprint density at radius 3 is 2.00 bits per heavy atom. The van der Waals surface area contributed by atoms with Crippen molar-refractivity contribution in [3.8, 4) is 0 Å². The van der Waals surface area contributed by atoms with Gasteiger partial charge in [-0.2, -0.15) is 0 Å². The summed E-state index contributed by atoms with van der Waals surface area (Å²) >= 11 is 0. The molecule has 7 nitrogen and oxygen atoms in total. The van der Waals surface area contributed by atoms with E-state index in [0.29, 0.717) is 12.8 Å². The van der Waals surface area contributed by atoms with Crippen LogP contribution in [0, 0.1) is 0 Å². The van der Waals surface area contributed by atoms with E-state index < -0.39 is 17.8 Å². The molecule has 0 bridgehead atoms. The van der Waals surface area contributed by atoms with Crippen molar-refractivity contribution in [2.75, 3.05) is 7.05 Å². The molecule has 1 aromatic rings. The molecule has 0 unspecified atom stereocenters. The number of nitrogens with zero attached hydrogens (tertiary/aromatic N) is 1. The van der Waals surface area contributed by atoms with E-state index in [4.69, 9.17) is 16.2 Å². The van der Waals surface area contributed by atoms with Gasteiger partial charge in [0.25, 0.3) is 0 Å². The van der Waals surface area contributed by atoms with Crippen LogP contribution < -0.4 is 11.5 Å². The number of esters is 1. The summed E-state index contributed by atoms with van der Waals surface area (Å²) in [6, 6.07) is 3.96. The van der Waals surface area contributed by atoms with Gasteiger partial charge in [0.05, 0.1) is 11.1 Å². The molecular weight excluding hydrogens is 334 g/mol. The van der Waals surface area contributed by atoms with Gasteiger partial charge in [-0.25, -0.2) is 4.79 Å². The highest BCUT2D eigenvalue weighted by atomic mass is 16.5. The molecule has 1 saturated heterocycles. The first-order chi connectivity index (χ1) is 11.8. The molecule has 0 aromatic heterocycles. The van der Waals surface area contributed by atoms with E-state index >= 15 is 0 Å². The summed E-state index contributed by atoms with van der Waals surface area (Å²) in [5, 5.41) is 0. The van der Waals surface area contributed by atoms with Crippen molar-refractivity contribution >= 4 is 17.8 Å². The van der Waals surface area contributed by atoms with Crippen LogP contribution in [0.5, 0.6) is 0 Å². The summed E-state index contributed by atoms with van der Waals surface area (Å²) in [6.07, 6.45) is 1.05. The Morgan fingerprint density at radius 2 is 1.54 bits per heavy atom. The van der Waals surface area contributed by atoms with Crippen molar-refractivity contribution in [1.29, 1.82) is 0 Å². The molecule has 1 aliphatic rings. The molecule has 4 N–H and O–H groups in total. The highest BCUT2D eigenvalue weighted by Gasteiger charge is 2.44. The van der Waals surface area contributed by atoms with Crippen molar-refractivity contribution in [2.24, 2.45) is 11.5 Å². The van der Waals surface area contributed by atoms with E-state index in [2.05, 4.69) is 39.6 Å². The van der Waals surface area contributed by atoms with Crippen molar-refractivity contribution < 1.29 is 19.1 Å². The number of carbonyl (C=O) groups excluding carboxylic acids is 3. The second-order valence-corrected chi connectivity index (χ2v) is 8.11. The molecule has 1 fully saturated rings. The van der Waals surface area contributed by atoms with E-state index in [9.17, 15) is 14.4 Å². The molecule has 0 atom stereocenters. The number of benzene rings is 1. The fourth-order valence-corrected chi connectivity index (χ4v) is 3.66. The Kier molecular flexibility index (Phi) is 5.14. The van der Waals surface area contributed by atoms with Crippen molar-refractivity contribution in [3.05, 3.63) is 34.9 Å². The number of ether oxygens (including phenoxy) is 1. The predicted octanol–water partition coefficient (Wildman–Crippen LogP) is 1.69. The largest absolute Gasteiger partial charge is 0.459 e. The van der Waals surface area contributed by atoms with Crippen molar-refractivity contribution in [3.63, 3.8) is 0 Å². The third kappa shape index (κ3) is 3.88. The second-order valence-electron chi connectivity index (χ2n) is 8.11. The SMILES string of the molecule is CN1C(C)(C)CC(OC(=O)c2ccc(C(N)=O)cc2C(N)=O)CC1(C)C. The number of piperidine rings is 1. The van der Waals surface area contributed by atoms with Crippen LogP contribution in [0.2, 0.25) is 0 Å². The number of hydrogen-bond acceptors (Lipinski definition) is 5. The Morgan fingerprint density at radius 1 is 1.00 bits per heavy atom. The number of amides is 2. The molecule has 0 aliphatic carbocycles. The van der Waals surface area contributed by atoms with Crippen molar-refractivity contribution in [2.45, 2.75) is 57.7 Å². The van der Waals surface area contributed by atoms with E-state index in [0.717, 1.165) is 0 Å². The van der Waals surface area contributed by atoms with Crippen LogP contribution >= 0.6 is 0 Å². The lowest BCUT2D eigenvalue weighted by atomic mass is 9.78. The monoisotopic (exact) mass is 361 g/mol. The minimum absolute atomic E-state index is 0.0389. The number of nitrogens with two attached hydrogens (primary N) is 2. The minimum atomic E-state index is -0.816. The number of rotatable bonds is 4. The molecule has 0 spiro atoms. The summed E-state index contributed by atoms with van der Waals surface area (Å²) in [7, 11) is 2.06. The maximum atomic E-state index is 12.7. The topological polar surface area (TPSA) is 116 Å². The van der Waals surface area contributed by atoms with Gasteiger partial charge in [0, 0.05) is 29.5 Å². The first kappa shape index (κ1) is 19.9. The lowest BCUT2D eigenvalue weighted by molar-refractivity contribution is -0.0732. The van der Waals surface area contributed by atoms with Gasteiger partial charge in [-0.1, -0.05) is 0 Å². The van der Waals surface area contributed by atoms with Crippen LogP contribution in [0.1, 0.15) is 71.6 Å². The zero-order valence-electron chi connectivity index (χ0n) is 16.0. The fraction of sp³-hybridized carbons (Fsp3) is 0.526. The van der Waals surface area contributed by atoms with Crippen LogP contribution in [0.15, 0.2) is 18.2 Å². The van der Waals surface area contributed by atoms with Crippen molar-refractivity contribution in [1.82, 2.24) is 4.90 Å². The summed E-state index contributed by atoms with van der Waals surface area (Å²) in [5.74, 6) is -2.15. The second kappa shape index (κ2) is 6.72. The summed E-state index contributed by atoms with van der Waals surface area (Å²) in [5.41, 5.74) is 10.4. The van der Waals surface area contributed by atoms with Gasteiger partial charge < -0.3 is 16.2 Å². The van der Waals surface area contributed by atoms with Crippen LogP contribution in [0.4, 0.5) is 0 Å². The molecular formula is C19H27N3O4. The smallest absolute Gasteiger partial charge is 0.339 e. The van der Waals surface area contributed by atoms with E-state index in [-0.39, 0.29) is 33.9 Å². The highest BCUT2D eigenvalue weighted by Crippen LogP contribution is 2.38. The molecule has 1 aliphatic heterocycles. The number of carbonyl (C=O) groups is 3. The van der Waals surface area contributed by atoms with Crippen LogP contribution in [-0.2, 0) is 4.74 Å². The van der Waals surface area contributed by atoms with E-state index in [1.54, 1.807) is 0 Å². The van der Waals surface area contributed by atoms with Gasteiger partial charge in [0.1, 0.15) is 6.10 Å². The molecule has 0 saturated carbocycles. The zero-order chi connectivity index (χ0) is 19.9. The fourth-order valence-electron chi connectivity index (χ4n) is 3.66. The Balaban J connectivity index is 2.28. The van der Waals surface area contributed by atoms with E-state index in [1.807, 2.05) is 0 Å². The van der Waals surface area contributed by atoms with E-state index in [1.165, 1.54) is 18.2 Å². The van der Waals surface area contributed by atoms with Gasteiger partial charge in [-0.3, -0.25) is 14.5 Å². The molecule has 1 aromatic carbocycles. The maximum Gasteiger partial charge on any atom is 0.339 e. The molecule has 26 heavy (non-hydrogen) atoms. The normalized spacial score (nSPS) is 19.7. The summed E-state index contributed by atoms with van der Waals surface area (Å²) in [6.45, 7) is 8.41. The van der Waals surface area contributed by atoms with Gasteiger partial charge in [0.2, 0.25) is 11.8 Å². The molecule has 1 heterocycles. The predicted molar refractivity (Wildman–Crippen MR) is 97.8 cm³/mol. The zero-order valence-corrected chi connectivity index (χ0v) is 16.0.